The van der Waals surface area contributed by atoms with Gasteiger partial charge < -0.3 is 5.32 Å². The zero-order valence-corrected chi connectivity index (χ0v) is 14.2. The minimum absolute atomic E-state index is 0.157. The zero-order valence-electron chi connectivity index (χ0n) is 13.4. The van der Waals surface area contributed by atoms with E-state index in [2.05, 4.69) is 37.8 Å². The van der Waals surface area contributed by atoms with Gasteiger partial charge in [-0.1, -0.05) is 18.2 Å². The summed E-state index contributed by atoms with van der Waals surface area (Å²) in [5, 5.41) is 5.31. The molecule has 6 heteroatoms. The van der Waals surface area contributed by atoms with Crippen LogP contribution in [-0.4, -0.2) is 37.6 Å². The molecular formula is C15H25N3O2S. The second kappa shape index (κ2) is 5.35. The molecule has 21 heavy (non-hydrogen) atoms. The van der Waals surface area contributed by atoms with Gasteiger partial charge in [-0.2, -0.15) is 0 Å². The quantitative estimate of drug-likeness (QED) is 0.891. The van der Waals surface area contributed by atoms with Gasteiger partial charge in [0.05, 0.1) is 4.90 Å². The lowest BCUT2D eigenvalue weighted by Gasteiger charge is -2.47. The second-order valence-corrected chi connectivity index (χ2v) is 8.74. The van der Waals surface area contributed by atoms with E-state index in [4.69, 9.17) is 0 Å². The molecule has 1 aromatic rings. The Kier molecular flexibility index (Phi) is 4.19. The molecule has 0 atom stereocenters. The highest BCUT2D eigenvalue weighted by Crippen LogP contribution is 2.21. The van der Waals surface area contributed by atoms with Crippen LogP contribution in [0.1, 0.15) is 33.3 Å². The summed E-state index contributed by atoms with van der Waals surface area (Å²) < 4.78 is 25.1. The summed E-state index contributed by atoms with van der Waals surface area (Å²) in [7, 11) is -3.54. The normalized spacial score (nSPS) is 22.1. The number of nitrogens with zero attached hydrogens (tertiary/aromatic N) is 1. The van der Waals surface area contributed by atoms with Crippen molar-refractivity contribution in [3.05, 3.63) is 29.8 Å². The van der Waals surface area contributed by atoms with Gasteiger partial charge in [-0.05, 0) is 46.2 Å². The standard InChI is InChI=1S/C15H25N3O2S/c1-12-8-6-7-9-13(12)21(19,20)17-18-10-14(2,3)16-15(4,5)11-18/h6-9,16-17H,10-11H2,1-5H3. The zero-order chi connectivity index (χ0) is 15.9. The summed E-state index contributed by atoms with van der Waals surface area (Å²) in [6.07, 6.45) is 0. The molecule has 0 unspecified atom stereocenters. The molecule has 1 fully saturated rings. The average molecular weight is 311 g/mol. The van der Waals surface area contributed by atoms with Crippen molar-refractivity contribution in [2.45, 2.75) is 50.6 Å². The van der Waals surface area contributed by atoms with E-state index in [1.165, 1.54) is 0 Å². The number of benzene rings is 1. The van der Waals surface area contributed by atoms with Gasteiger partial charge in [0.1, 0.15) is 0 Å². The van der Waals surface area contributed by atoms with Gasteiger partial charge in [0, 0.05) is 24.2 Å². The van der Waals surface area contributed by atoms with Gasteiger partial charge in [-0.3, -0.25) is 0 Å². The number of piperazine rings is 1. The fourth-order valence-electron chi connectivity index (χ4n) is 3.15. The molecule has 0 spiro atoms. The van der Waals surface area contributed by atoms with Crippen molar-refractivity contribution >= 4 is 10.0 Å². The van der Waals surface area contributed by atoms with Crippen molar-refractivity contribution in [1.82, 2.24) is 15.2 Å². The van der Waals surface area contributed by atoms with Crippen molar-refractivity contribution < 1.29 is 8.42 Å². The Balaban J connectivity index is 2.23. The molecule has 2 N–H and O–H groups in total. The van der Waals surface area contributed by atoms with Gasteiger partial charge in [0.25, 0.3) is 10.0 Å². The fraction of sp³-hybridized carbons (Fsp3) is 0.600. The molecule has 1 aliphatic rings. The van der Waals surface area contributed by atoms with Crippen molar-refractivity contribution in [3.8, 4) is 0 Å². The average Bonchev–Trinajstić information content (AvgIpc) is 2.23. The summed E-state index contributed by atoms with van der Waals surface area (Å²) in [5.41, 5.74) is 0.435. The molecule has 1 saturated heterocycles. The third kappa shape index (κ3) is 4.03. The predicted octanol–water partition coefficient (Wildman–Crippen LogP) is 1.65. The van der Waals surface area contributed by atoms with Crippen molar-refractivity contribution in [2.24, 2.45) is 0 Å². The van der Waals surface area contributed by atoms with E-state index in [1.54, 1.807) is 30.1 Å². The maximum absolute atomic E-state index is 12.6. The van der Waals surface area contributed by atoms with E-state index in [0.717, 1.165) is 5.56 Å². The summed E-state index contributed by atoms with van der Waals surface area (Å²) in [5.74, 6) is 0. The highest BCUT2D eigenvalue weighted by Gasteiger charge is 2.38. The van der Waals surface area contributed by atoms with Crippen LogP contribution in [0.15, 0.2) is 29.2 Å². The van der Waals surface area contributed by atoms with E-state index in [9.17, 15) is 8.42 Å². The third-order valence-corrected chi connectivity index (χ3v) is 5.02. The van der Waals surface area contributed by atoms with Crippen LogP contribution in [0.4, 0.5) is 0 Å². The van der Waals surface area contributed by atoms with E-state index >= 15 is 0 Å². The first-order valence-electron chi connectivity index (χ1n) is 7.13. The molecule has 1 aromatic carbocycles. The third-order valence-electron chi connectivity index (χ3n) is 3.48. The van der Waals surface area contributed by atoms with Crippen LogP contribution >= 0.6 is 0 Å². The van der Waals surface area contributed by atoms with Gasteiger partial charge in [0.2, 0.25) is 0 Å². The molecule has 0 aromatic heterocycles. The molecule has 0 amide bonds. The minimum Gasteiger partial charge on any atom is -0.304 e. The van der Waals surface area contributed by atoms with E-state index in [0.29, 0.717) is 18.0 Å². The molecule has 0 radical (unpaired) electrons. The maximum Gasteiger partial charge on any atom is 0.253 e. The van der Waals surface area contributed by atoms with Crippen LogP contribution in [0.2, 0.25) is 0 Å². The molecule has 118 valence electrons. The molecule has 0 saturated carbocycles. The minimum atomic E-state index is -3.54. The summed E-state index contributed by atoms with van der Waals surface area (Å²) in [6, 6.07) is 7.02. The van der Waals surface area contributed by atoms with Crippen LogP contribution in [0.3, 0.4) is 0 Å². The summed E-state index contributed by atoms with van der Waals surface area (Å²) in [4.78, 5) is 3.06. The van der Waals surface area contributed by atoms with E-state index < -0.39 is 10.0 Å². The monoisotopic (exact) mass is 311 g/mol. The number of hydrogen-bond acceptors (Lipinski definition) is 4. The number of hydrogen-bond donors (Lipinski definition) is 2. The lowest BCUT2D eigenvalue weighted by atomic mass is 9.93. The van der Waals surface area contributed by atoms with E-state index in [-0.39, 0.29) is 11.1 Å². The maximum atomic E-state index is 12.6. The molecule has 0 bridgehead atoms. The summed E-state index contributed by atoms with van der Waals surface area (Å²) in [6.45, 7) is 11.3. The first-order chi connectivity index (χ1) is 9.51. The first kappa shape index (κ1) is 16.4. The van der Waals surface area contributed by atoms with Crippen LogP contribution in [0, 0.1) is 6.92 Å². The van der Waals surface area contributed by atoms with Crippen molar-refractivity contribution in [3.63, 3.8) is 0 Å². The van der Waals surface area contributed by atoms with Gasteiger partial charge in [-0.15, -0.1) is 4.83 Å². The Bertz CT molecular complexity index is 608. The lowest BCUT2D eigenvalue weighted by molar-refractivity contribution is 0.0623. The summed E-state index contributed by atoms with van der Waals surface area (Å²) >= 11 is 0. The highest BCUT2D eigenvalue weighted by atomic mass is 32.2. The number of nitrogens with one attached hydrogen (secondary N) is 2. The van der Waals surface area contributed by atoms with Crippen LogP contribution in [0.5, 0.6) is 0 Å². The molecule has 1 heterocycles. The topological polar surface area (TPSA) is 61.4 Å². The van der Waals surface area contributed by atoms with Gasteiger partial charge in [0.15, 0.2) is 0 Å². The van der Waals surface area contributed by atoms with Crippen LogP contribution in [-0.2, 0) is 10.0 Å². The SMILES string of the molecule is Cc1ccccc1S(=O)(=O)NN1CC(C)(C)NC(C)(C)C1. The lowest BCUT2D eigenvalue weighted by Crippen LogP contribution is -2.69. The van der Waals surface area contributed by atoms with Crippen LogP contribution in [0.25, 0.3) is 0 Å². The van der Waals surface area contributed by atoms with Gasteiger partial charge >= 0.3 is 0 Å². The Morgan fingerprint density at radius 1 is 1.10 bits per heavy atom. The molecule has 0 aliphatic carbocycles. The first-order valence-corrected chi connectivity index (χ1v) is 8.62. The molecule has 5 nitrogen and oxygen atoms in total. The fourth-order valence-corrected chi connectivity index (χ4v) is 4.46. The molecular weight excluding hydrogens is 286 g/mol. The van der Waals surface area contributed by atoms with E-state index in [1.807, 2.05) is 6.07 Å². The number of rotatable bonds is 3. The van der Waals surface area contributed by atoms with Crippen molar-refractivity contribution in [2.75, 3.05) is 13.1 Å². The van der Waals surface area contributed by atoms with Crippen LogP contribution < -0.4 is 10.1 Å². The number of aryl methyl sites for hydroxylation is 1. The van der Waals surface area contributed by atoms with Crippen molar-refractivity contribution in [1.29, 1.82) is 0 Å². The Morgan fingerprint density at radius 2 is 1.62 bits per heavy atom. The number of hydrazine groups is 1. The largest absolute Gasteiger partial charge is 0.304 e. The smallest absolute Gasteiger partial charge is 0.253 e. The predicted molar refractivity (Wildman–Crippen MR) is 84.4 cm³/mol. The Hall–Kier alpha value is -0.950. The highest BCUT2D eigenvalue weighted by molar-refractivity contribution is 7.89. The second-order valence-electron chi connectivity index (χ2n) is 7.11. The molecule has 2 rings (SSSR count). The Morgan fingerprint density at radius 3 is 2.14 bits per heavy atom. The Labute approximate surface area is 127 Å². The van der Waals surface area contributed by atoms with Gasteiger partial charge in [-0.25, -0.2) is 13.4 Å². The molecule has 1 aliphatic heterocycles. The number of sulfonamides is 1.